The maximum absolute atomic E-state index is 10.6. The molecule has 1 aliphatic heterocycles. The van der Waals surface area contributed by atoms with Crippen LogP contribution in [0.15, 0.2) is 11.8 Å². The Hall–Kier alpha value is -1.55. The summed E-state index contributed by atoms with van der Waals surface area (Å²) in [6, 6.07) is 0. The van der Waals surface area contributed by atoms with Gasteiger partial charge in [0.2, 0.25) is 0 Å². The molecule has 0 saturated carbocycles. The summed E-state index contributed by atoms with van der Waals surface area (Å²) < 4.78 is 10.3. The lowest BCUT2D eigenvalue weighted by molar-refractivity contribution is -0.133. The van der Waals surface area contributed by atoms with E-state index in [1.807, 2.05) is 0 Å². The summed E-state index contributed by atoms with van der Waals surface area (Å²) in [7, 11) is 0. The van der Waals surface area contributed by atoms with Crippen LogP contribution >= 0.6 is 0 Å². The highest BCUT2D eigenvalue weighted by molar-refractivity contribution is 5.86. The summed E-state index contributed by atoms with van der Waals surface area (Å²) in [6.45, 7) is 2.93. The van der Waals surface area contributed by atoms with Crippen molar-refractivity contribution in [3.05, 3.63) is 11.8 Å². The third-order valence-electron chi connectivity index (χ3n) is 2.09. The molecule has 0 radical (unpaired) electrons. The third-order valence-corrected chi connectivity index (χ3v) is 2.09. The quantitative estimate of drug-likeness (QED) is 0.438. The third kappa shape index (κ3) is 5.36. The summed E-state index contributed by atoms with van der Waals surface area (Å²) in [5.41, 5.74) is 2.97. The zero-order valence-electron chi connectivity index (χ0n) is 9.52. The number of hydrogen-bond donors (Lipinski definition) is 2. The van der Waals surface area contributed by atoms with E-state index in [1.165, 1.54) is 0 Å². The predicted molar refractivity (Wildman–Crippen MR) is 60.9 cm³/mol. The van der Waals surface area contributed by atoms with Gasteiger partial charge in [-0.1, -0.05) is 5.92 Å². The minimum atomic E-state index is -0.948. The molecule has 0 aliphatic carbocycles. The first-order chi connectivity index (χ1) is 8.24. The summed E-state index contributed by atoms with van der Waals surface area (Å²) >= 11 is 0. The maximum atomic E-state index is 10.6. The summed E-state index contributed by atoms with van der Waals surface area (Å²) in [5.74, 6) is 1.41. The number of carbonyl (C=O) groups is 1. The van der Waals surface area contributed by atoms with Crippen LogP contribution in [0.1, 0.15) is 0 Å². The van der Waals surface area contributed by atoms with E-state index in [2.05, 4.69) is 11.3 Å². The van der Waals surface area contributed by atoms with E-state index >= 15 is 0 Å². The molecule has 0 atom stereocenters. The summed E-state index contributed by atoms with van der Waals surface area (Å²) in [6.07, 6.45) is 6.63. The fraction of sp³-hybridized carbons (Fsp3) is 0.545. The molecule has 0 unspecified atom stereocenters. The van der Waals surface area contributed by atoms with Crippen molar-refractivity contribution < 1.29 is 19.4 Å². The molecule has 2 N–H and O–H groups in total. The van der Waals surface area contributed by atoms with Gasteiger partial charge in [0.25, 0.3) is 0 Å². The molecule has 94 valence electrons. The molecule has 1 aliphatic rings. The Kier molecular flexibility index (Phi) is 6.10. The average molecular weight is 240 g/mol. The number of rotatable bonds is 8. The molecule has 6 heteroatoms. The predicted octanol–water partition coefficient (Wildman–Crippen LogP) is -0.558. The number of ether oxygens (including phenoxy) is 2. The van der Waals surface area contributed by atoms with E-state index in [0.717, 1.165) is 0 Å². The Labute approximate surface area is 100 Å². The van der Waals surface area contributed by atoms with E-state index in [-0.39, 0.29) is 5.70 Å². The number of hydrogen-bond acceptors (Lipinski definition) is 5. The Morgan fingerprint density at radius 2 is 2.29 bits per heavy atom. The average Bonchev–Trinajstić information content (AvgIpc) is 2.77. The van der Waals surface area contributed by atoms with E-state index in [9.17, 15) is 4.79 Å². The molecule has 0 bridgehead atoms. The Morgan fingerprint density at radius 1 is 1.53 bits per heavy atom. The van der Waals surface area contributed by atoms with E-state index in [4.69, 9.17) is 21.0 Å². The lowest BCUT2D eigenvalue weighted by Gasteiger charge is -2.16. The molecular weight excluding hydrogens is 224 g/mol. The van der Waals surface area contributed by atoms with Crippen LogP contribution in [0.25, 0.3) is 0 Å². The smallest absolute Gasteiger partial charge is 0.353 e. The van der Waals surface area contributed by atoms with Crippen LogP contribution in [0.2, 0.25) is 0 Å². The minimum Gasteiger partial charge on any atom is -0.477 e. The van der Waals surface area contributed by atoms with Gasteiger partial charge in [-0.15, -0.1) is 6.42 Å². The summed E-state index contributed by atoms with van der Waals surface area (Å²) in [4.78, 5) is 10.6. The van der Waals surface area contributed by atoms with Crippen molar-refractivity contribution >= 4 is 5.97 Å². The fourth-order valence-electron chi connectivity index (χ4n) is 1.27. The van der Waals surface area contributed by atoms with Crippen LogP contribution in [0.4, 0.5) is 0 Å². The number of carboxylic acids is 1. The SMILES string of the molecule is C#CCOCCOCCN1CC=C(C(=O)O)N1. The molecule has 0 spiro atoms. The van der Waals surface area contributed by atoms with Gasteiger partial charge in [-0.2, -0.15) is 0 Å². The number of hydrazine groups is 1. The monoisotopic (exact) mass is 240 g/mol. The molecule has 1 rings (SSSR count). The van der Waals surface area contributed by atoms with Crippen molar-refractivity contribution in [3.8, 4) is 12.3 Å². The van der Waals surface area contributed by atoms with Crippen molar-refractivity contribution in [2.45, 2.75) is 0 Å². The highest BCUT2D eigenvalue weighted by Gasteiger charge is 2.17. The first-order valence-corrected chi connectivity index (χ1v) is 5.28. The maximum Gasteiger partial charge on any atom is 0.353 e. The Bertz CT molecular complexity index is 322. The number of nitrogens with zero attached hydrogens (tertiary/aromatic N) is 1. The van der Waals surface area contributed by atoms with Crippen LogP contribution in [-0.4, -0.2) is 55.6 Å². The molecule has 0 saturated heterocycles. The minimum absolute atomic E-state index is 0.211. The number of terminal acetylenes is 1. The van der Waals surface area contributed by atoms with Gasteiger partial charge in [-0.25, -0.2) is 9.80 Å². The van der Waals surface area contributed by atoms with E-state index < -0.39 is 5.97 Å². The highest BCUT2D eigenvalue weighted by Crippen LogP contribution is 2.01. The van der Waals surface area contributed by atoms with Crippen LogP contribution in [-0.2, 0) is 14.3 Å². The van der Waals surface area contributed by atoms with Crippen molar-refractivity contribution in [1.29, 1.82) is 0 Å². The topological polar surface area (TPSA) is 71.0 Å². The van der Waals surface area contributed by atoms with E-state index in [1.54, 1.807) is 11.1 Å². The number of carboxylic acid groups (broad SMARTS) is 1. The molecule has 0 aromatic carbocycles. The molecule has 17 heavy (non-hydrogen) atoms. The van der Waals surface area contributed by atoms with Crippen LogP contribution in [0.5, 0.6) is 0 Å². The molecule has 0 aromatic heterocycles. The van der Waals surface area contributed by atoms with E-state index in [0.29, 0.717) is 39.5 Å². The van der Waals surface area contributed by atoms with Crippen molar-refractivity contribution in [1.82, 2.24) is 10.4 Å². The van der Waals surface area contributed by atoms with Crippen LogP contribution < -0.4 is 5.43 Å². The first-order valence-electron chi connectivity index (χ1n) is 5.28. The van der Waals surface area contributed by atoms with Gasteiger partial charge in [0.15, 0.2) is 0 Å². The van der Waals surface area contributed by atoms with Gasteiger partial charge < -0.3 is 20.0 Å². The number of aliphatic carboxylic acids is 1. The molecule has 0 aromatic rings. The first kappa shape index (κ1) is 13.5. The molecule has 0 fully saturated rings. The van der Waals surface area contributed by atoms with Gasteiger partial charge in [-0.05, 0) is 6.08 Å². The fourth-order valence-corrected chi connectivity index (χ4v) is 1.27. The normalized spacial score (nSPS) is 15.1. The second-order valence-electron chi connectivity index (χ2n) is 3.35. The van der Waals surface area contributed by atoms with Crippen molar-refractivity contribution in [2.75, 3.05) is 39.5 Å². The van der Waals surface area contributed by atoms with Crippen molar-refractivity contribution in [2.24, 2.45) is 0 Å². The molecular formula is C11H16N2O4. The second-order valence-corrected chi connectivity index (χ2v) is 3.35. The Balaban J connectivity index is 1.95. The molecule has 0 amide bonds. The van der Waals surface area contributed by atoms with Crippen LogP contribution in [0, 0.1) is 12.3 Å². The highest BCUT2D eigenvalue weighted by atomic mass is 16.5. The van der Waals surface area contributed by atoms with Gasteiger partial charge in [0, 0.05) is 13.1 Å². The molecule has 1 heterocycles. The zero-order chi connectivity index (χ0) is 12.5. The Morgan fingerprint density at radius 3 is 2.94 bits per heavy atom. The lowest BCUT2D eigenvalue weighted by Crippen LogP contribution is -2.36. The van der Waals surface area contributed by atoms with Gasteiger partial charge in [0.05, 0.1) is 19.8 Å². The van der Waals surface area contributed by atoms with Gasteiger partial charge in [-0.3, -0.25) is 0 Å². The zero-order valence-corrected chi connectivity index (χ0v) is 9.52. The van der Waals surface area contributed by atoms with Crippen molar-refractivity contribution in [3.63, 3.8) is 0 Å². The van der Waals surface area contributed by atoms with Gasteiger partial charge >= 0.3 is 5.97 Å². The number of nitrogens with one attached hydrogen (secondary N) is 1. The largest absolute Gasteiger partial charge is 0.477 e. The molecule has 6 nitrogen and oxygen atoms in total. The summed E-state index contributed by atoms with van der Waals surface area (Å²) in [5, 5.41) is 10.5. The van der Waals surface area contributed by atoms with Gasteiger partial charge in [0.1, 0.15) is 12.3 Å². The standard InChI is InChI=1S/C11H16N2O4/c1-2-6-16-8-9-17-7-5-13-4-3-10(12-13)11(14)15/h1,3,12H,4-9H2,(H,14,15). The second kappa shape index (κ2) is 7.68. The lowest BCUT2D eigenvalue weighted by atomic mass is 10.4. The van der Waals surface area contributed by atoms with Crippen LogP contribution in [0.3, 0.4) is 0 Å².